The first-order valence-electron chi connectivity index (χ1n) is 4.17. The fourth-order valence-electron chi connectivity index (χ4n) is 0.614. The summed E-state index contributed by atoms with van der Waals surface area (Å²) in [5.74, 6) is -0.912. The molecule has 3 heteroatoms. The summed E-state index contributed by atoms with van der Waals surface area (Å²) in [7, 11) is 0. The van der Waals surface area contributed by atoms with Crippen molar-refractivity contribution < 1.29 is 9.18 Å². The number of carbonyl (C=O) groups is 1. The monoisotopic (exact) mass is 183 g/mol. The van der Waals surface area contributed by atoms with Gasteiger partial charge in [-0.05, 0) is 24.3 Å². The molecule has 1 rings (SSSR count). The van der Waals surface area contributed by atoms with E-state index in [0.717, 1.165) is 0 Å². The van der Waals surface area contributed by atoms with Gasteiger partial charge in [0.1, 0.15) is 5.82 Å². The minimum Gasteiger partial charge on any atom is -0.366 e. The van der Waals surface area contributed by atoms with Crippen LogP contribution in [0.1, 0.15) is 30.6 Å². The van der Waals surface area contributed by atoms with Gasteiger partial charge in [0.25, 0.3) is 0 Å². The number of hydrogen-bond donors (Lipinski definition) is 1. The van der Waals surface area contributed by atoms with Crippen molar-refractivity contribution in [2.45, 2.75) is 20.3 Å². The summed E-state index contributed by atoms with van der Waals surface area (Å²) >= 11 is 0. The van der Waals surface area contributed by atoms with Crippen LogP contribution in [0.5, 0.6) is 0 Å². The Bertz CT molecular complexity index is 256. The average molecular weight is 183 g/mol. The lowest BCUT2D eigenvalue weighted by Gasteiger charge is -1.91. The summed E-state index contributed by atoms with van der Waals surface area (Å²) < 4.78 is 12.2. The molecule has 0 aromatic heterocycles. The lowest BCUT2D eigenvalue weighted by Crippen LogP contribution is -2.10. The molecule has 0 fully saturated rings. The van der Waals surface area contributed by atoms with Gasteiger partial charge in [0.2, 0.25) is 5.91 Å². The topological polar surface area (TPSA) is 43.1 Å². The van der Waals surface area contributed by atoms with Gasteiger partial charge >= 0.3 is 0 Å². The summed E-state index contributed by atoms with van der Waals surface area (Å²) in [4.78, 5) is 10.4. The van der Waals surface area contributed by atoms with Gasteiger partial charge < -0.3 is 5.73 Å². The maximum absolute atomic E-state index is 12.2. The number of carbonyl (C=O) groups excluding carboxylic acids is 1. The highest BCUT2D eigenvalue weighted by Crippen LogP contribution is 2.00. The zero-order valence-electron chi connectivity index (χ0n) is 7.88. The van der Waals surface area contributed by atoms with Crippen molar-refractivity contribution in [1.29, 1.82) is 0 Å². The molecule has 2 nitrogen and oxygen atoms in total. The van der Waals surface area contributed by atoms with Crippen LogP contribution in [-0.4, -0.2) is 5.91 Å². The number of primary amides is 1. The molecule has 0 aliphatic heterocycles. The highest BCUT2D eigenvalue weighted by atomic mass is 19.1. The van der Waals surface area contributed by atoms with E-state index in [1.54, 1.807) is 0 Å². The van der Waals surface area contributed by atoms with Crippen LogP contribution in [0.2, 0.25) is 0 Å². The van der Waals surface area contributed by atoms with Crippen molar-refractivity contribution in [2.24, 2.45) is 5.73 Å². The number of hydrogen-bond acceptors (Lipinski definition) is 1. The summed E-state index contributed by atoms with van der Waals surface area (Å²) in [6.07, 6.45) is 1.25. The Morgan fingerprint density at radius 2 is 1.69 bits per heavy atom. The Labute approximate surface area is 77.6 Å². The molecule has 1 aromatic rings. The highest BCUT2D eigenvalue weighted by molar-refractivity contribution is 5.92. The normalized spacial score (nSPS) is 8.54. The van der Waals surface area contributed by atoms with E-state index < -0.39 is 5.91 Å². The third-order valence-corrected chi connectivity index (χ3v) is 1.13. The highest BCUT2D eigenvalue weighted by Gasteiger charge is 1.97. The summed E-state index contributed by atoms with van der Waals surface area (Å²) in [5, 5.41) is 0. The van der Waals surface area contributed by atoms with E-state index in [9.17, 15) is 9.18 Å². The van der Waals surface area contributed by atoms with Crippen molar-refractivity contribution in [3.05, 3.63) is 35.6 Å². The minimum absolute atomic E-state index is 0.321. The van der Waals surface area contributed by atoms with Gasteiger partial charge in [-0.1, -0.05) is 20.3 Å². The summed E-state index contributed by atoms with van der Waals surface area (Å²) in [6.45, 7) is 4.25. The van der Waals surface area contributed by atoms with Crippen molar-refractivity contribution in [1.82, 2.24) is 0 Å². The molecule has 0 heterocycles. The first kappa shape index (κ1) is 11.6. The third kappa shape index (κ3) is 4.95. The molecule has 0 unspecified atom stereocenters. The smallest absolute Gasteiger partial charge is 0.248 e. The number of amides is 1. The van der Waals surface area contributed by atoms with Crippen LogP contribution < -0.4 is 5.73 Å². The first-order valence-corrected chi connectivity index (χ1v) is 4.17. The van der Waals surface area contributed by atoms with Crippen molar-refractivity contribution in [3.63, 3.8) is 0 Å². The SMILES string of the molecule is CCC.NC(=O)c1ccc(F)cc1. The Morgan fingerprint density at radius 3 is 2.00 bits per heavy atom. The summed E-state index contributed by atoms with van der Waals surface area (Å²) in [6, 6.07) is 5.08. The molecule has 1 amide bonds. The van der Waals surface area contributed by atoms with Crippen LogP contribution in [0.3, 0.4) is 0 Å². The molecular weight excluding hydrogens is 169 g/mol. The Kier molecular flexibility index (Phi) is 5.52. The lowest BCUT2D eigenvalue weighted by molar-refractivity contribution is 0.100. The lowest BCUT2D eigenvalue weighted by atomic mass is 10.2. The predicted molar refractivity (Wildman–Crippen MR) is 50.9 cm³/mol. The van der Waals surface area contributed by atoms with Crippen LogP contribution in [0.25, 0.3) is 0 Å². The van der Waals surface area contributed by atoms with Gasteiger partial charge in [-0.25, -0.2) is 4.39 Å². The molecule has 72 valence electrons. The quantitative estimate of drug-likeness (QED) is 0.713. The van der Waals surface area contributed by atoms with Crippen LogP contribution in [-0.2, 0) is 0 Å². The second-order valence-corrected chi connectivity index (χ2v) is 2.58. The molecule has 0 saturated carbocycles. The molecule has 0 spiro atoms. The zero-order chi connectivity index (χ0) is 10.3. The number of rotatable bonds is 1. The fraction of sp³-hybridized carbons (Fsp3) is 0.300. The average Bonchev–Trinajstić information content (AvgIpc) is 2.06. The molecule has 0 aliphatic carbocycles. The second kappa shape index (κ2) is 6.17. The van der Waals surface area contributed by atoms with Crippen LogP contribution in [0.15, 0.2) is 24.3 Å². The van der Waals surface area contributed by atoms with Crippen molar-refractivity contribution >= 4 is 5.91 Å². The maximum atomic E-state index is 12.2. The number of halogens is 1. The maximum Gasteiger partial charge on any atom is 0.248 e. The van der Waals surface area contributed by atoms with Crippen LogP contribution in [0, 0.1) is 5.82 Å². The second-order valence-electron chi connectivity index (χ2n) is 2.58. The van der Waals surface area contributed by atoms with E-state index in [4.69, 9.17) is 5.73 Å². The molecule has 0 saturated heterocycles. The Hall–Kier alpha value is -1.38. The molecular formula is C10H14FNO. The standard InChI is InChI=1S/C7H6FNO.C3H8/c8-6-3-1-5(2-4-6)7(9)10;1-3-2/h1-4H,(H2,9,10);3H2,1-2H3. The van der Waals surface area contributed by atoms with E-state index in [2.05, 4.69) is 13.8 Å². The van der Waals surface area contributed by atoms with E-state index in [1.807, 2.05) is 0 Å². The third-order valence-electron chi connectivity index (χ3n) is 1.13. The first-order chi connectivity index (χ1) is 6.11. The Balaban J connectivity index is 0.000000424. The Morgan fingerprint density at radius 1 is 1.31 bits per heavy atom. The van der Waals surface area contributed by atoms with Gasteiger partial charge in [-0.15, -0.1) is 0 Å². The van der Waals surface area contributed by atoms with Gasteiger partial charge in [-0.3, -0.25) is 4.79 Å². The molecule has 0 radical (unpaired) electrons. The molecule has 0 atom stereocenters. The van der Waals surface area contributed by atoms with Gasteiger partial charge in [0.15, 0.2) is 0 Å². The van der Waals surface area contributed by atoms with E-state index >= 15 is 0 Å². The van der Waals surface area contributed by atoms with E-state index in [0.29, 0.717) is 5.56 Å². The van der Waals surface area contributed by atoms with E-state index in [-0.39, 0.29) is 5.82 Å². The number of nitrogens with two attached hydrogens (primary N) is 1. The molecule has 0 bridgehead atoms. The van der Waals surface area contributed by atoms with Crippen LogP contribution in [0.4, 0.5) is 4.39 Å². The number of benzene rings is 1. The van der Waals surface area contributed by atoms with Crippen molar-refractivity contribution in [2.75, 3.05) is 0 Å². The van der Waals surface area contributed by atoms with Gasteiger partial charge in [0, 0.05) is 5.56 Å². The van der Waals surface area contributed by atoms with Gasteiger partial charge in [0.05, 0.1) is 0 Å². The van der Waals surface area contributed by atoms with Gasteiger partial charge in [-0.2, -0.15) is 0 Å². The molecule has 2 N–H and O–H groups in total. The van der Waals surface area contributed by atoms with Crippen molar-refractivity contribution in [3.8, 4) is 0 Å². The van der Waals surface area contributed by atoms with E-state index in [1.165, 1.54) is 30.7 Å². The molecule has 0 aliphatic rings. The predicted octanol–water partition coefficient (Wildman–Crippen LogP) is 2.34. The fourth-order valence-corrected chi connectivity index (χ4v) is 0.614. The molecule has 13 heavy (non-hydrogen) atoms. The minimum atomic E-state index is -0.542. The molecule has 1 aromatic carbocycles. The zero-order valence-corrected chi connectivity index (χ0v) is 7.88. The van der Waals surface area contributed by atoms with Crippen LogP contribution >= 0.6 is 0 Å². The largest absolute Gasteiger partial charge is 0.366 e. The summed E-state index contributed by atoms with van der Waals surface area (Å²) in [5.41, 5.74) is 5.22.